The molecule has 0 aliphatic carbocycles. The highest BCUT2D eigenvalue weighted by molar-refractivity contribution is 5.78. The molecule has 1 aromatic heterocycles. The Morgan fingerprint density at radius 2 is 1.86 bits per heavy atom. The molecule has 0 aliphatic heterocycles. The minimum Gasteiger partial charge on any atom is -0.384 e. The highest BCUT2D eigenvalue weighted by Crippen LogP contribution is 2.19. The second-order valence-electron chi connectivity index (χ2n) is 3.85. The van der Waals surface area contributed by atoms with Crippen LogP contribution in [0.25, 0.3) is 10.9 Å². The summed E-state index contributed by atoms with van der Waals surface area (Å²) < 4.78 is 0. The number of aliphatic hydroxyl groups is 1. The number of benzene rings is 1. The smallest absolute Gasteiger partial charge is 0.103 e. The maximum Gasteiger partial charge on any atom is 0.103 e. The summed E-state index contributed by atoms with van der Waals surface area (Å²) in [5.74, 6) is 0. The quantitative estimate of drug-likeness (QED) is 0.743. The topological polar surface area (TPSA) is 46.0 Å². The summed E-state index contributed by atoms with van der Waals surface area (Å²) in [5, 5.41) is 18.8. The predicted octanol–water partition coefficient (Wildman–Crippen LogP) is 1.86. The van der Waals surface area contributed by atoms with E-state index in [1.54, 1.807) is 13.8 Å². The van der Waals surface area contributed by atoms with Crippen LogP contribution >= 0.6 is 0 Å². The van der Waals surface area contributed by atoms with Crippen molar-refractivity contribution in [1.82, 2.24) is 10.2 Å². The summed E-state index contributed by atoms with van der Waals surface area (Å²) in [6, 6.07) is 9.58. The molecule has 3 nitrogen and oxygen atoms in total. The molecule has 1 heterocycles. The van der Waals surface area contributed by atoms with Crippen LogP contribution < -0.4 is 0 Å². The van der Waals surface area contributed by atoms with E-state index in [2.05, 4.69) is 10.2 Å². The van der Waals surface area contributed by atoms with E-state index in [4.69, 9.17) is 0 Å². The van der Waals surface area contributed by atoms with Gasteiger partial charge in [0.15, 0.2) is 0 Å². The molecule has 14 heavy (non-hydrogen) atoms. The van der Waals surface area contributed by atoms with Crippen molar-refractivity contribution in [2.24, 2.45) is 0 Å². The predicted molar refractivity (Wildman–Crippen MR) is 54.8 cm³/mol. The van der Waals surface area contributed by atoms with Crippen LogP contribution in [0.5, 0.6) is 0 Å². The zero-order valence-electron chi connectivity index (χ0n) is 8.23. The molecule has 0 amide bonds. The summed E-state index contributed by atoms with van der Waals surface area (Å²) in [5.41, 5.74) is 0.508. The first-order chi connectivity index (χ1) is 6.57. The van der Waals surface area contributed by atoms with Crippen LogP contribution in [0.2, 0.25) is 0 Å². The van der Waals surface area contributed by atoms with Gasteiger partial charge in [-0.2, -0.15) is 10.2 Å². The van der Waals surface area contributed by atoms with Gasteiger partial charge >= 0.3 is 0 Å². The van der Waals surface area contributed by atoms with Gasteiger partial charge in [0.25, 0.3) is 0 Å². The Labute approximate surface area is 82.4 Å². The number of aromatic nitrogens is 2. The fourth-order valence-electron chi connectivity index (χ4n) is 1.28. The molecule has 2 aromatic rings. The van der Waals surface area contributed by atoms with Crippen molar-refractivity contribution in [1.29, 1.82) is 0 Å². The SMILES string of the molecule is CC(C)(O)c1cc2ccccc2nn1. The molecule has 3 heteroatoms. The molecule has 0 radical (unpaired) electrons. The summed E-state index contributed by atoms with van der Waals surface area (Å²) in [7, 11) is 0. The van der Waals surface area contributed by atoms with E-state index in [-0.39, 0.29) is 0 Å². The third-order valence-electron chi connectivity index (χ3n) is 2.12. The average Bonchev–Trinajstić information content (AvgIpc) is 2.16. The minimum atomic E-state index is -0.934. The van der Waals surface area contributed by atoms with E-state index in [0.717, 1.165) is 10.9 Å². The van der Waals surface area contributed by atoms with E-state index < -0.39 is 5.60 Å². The normalized spacial score (nSPS) is 11.9. The van der Waals surface area contributed by atoms with Crippen molar-refractivity contribution in [3.05, 3.63) is 36.0 Å². The van der Waals surface area contributed by atoms with Crippen LogP contribution in [-0.4, -0.2) is 15.3 Å². The Morgan fingerprint density at radius 3 is 2.57 bits per heavy atom. The van der Waals surface area contributed by atoms with Crippen LogP contribution in [0.3, 0.4) is 0 Å². The van der Waals surface area contributed by atoms with Gasteiger partial charge < -0.3 is 5.11 Å². The van der Waals surface area contributed by atoms with Crippen molar-refractivity contribution in [2.45, 2.75) is 19.4 Å². The number of rotatable bonds is 1. The molecule has 0 saturated heterocycles. The number of nitrogens with zero attached hydrogens (tertiary/aromatic N) is 2. The molecule has 1 aromatic carbocycles. The summed E-state index contributed by atoms with van der Waals surface area (Å²) in [4.78, 5) is 0. The first-order valence-corrected chi connectivity index (χ1v) is 4.53. The lowest BCUT2D eigenvalue weighted by atomic mass is 10.0. The average molecular weight is 188 g/mol. The molecule has 0 fully saturated rings. The van der Waals surface area contributed by atoms with Crippen molar-refractivity contribution < 1.29 is 5.11 Å². The van der Waals surface area contributed by atoms with Crippen molar-refractivity contribution in [2.75, 3.05) is 0 Å². The van der Waals surface area contributed by atoms with E-state index >= 15 is 0 Å². The summed E-state index contributed by atoms with van der Waals surface area (Å²) in [6.45, 7) is 3.40. The highest BCUT2D eigenvalue weighted by atomic mass is 16.3. The number of fused-ring (bicyclic) bond motifs is 1. The Bertz CT molecular complexity index is 460. The molecule has 0 unspecified atom stereocenters. The Balaban J connectivity index is 2.63. The van der Waals surface area contributed by atoms with Gasteiger partial charge in [-0.05, 0) is 26.0 Å². The van der Waals surface area contributed by atoms with Crippen LogP contribution in [0.15, 0.2) is 30.3 Å². The number of hydrogen-bond donors (Lipinski definition) is 1. The van der Waals surface area contributed by atoms with Gasteiger partial charge in [0, 0.05) is 5.39 Å². The van der Waals surface area contributed by atoms with E-state index in [0.29, 0.717) is 5.69 Å². The first-order valence-electron chi connectivity index (χ1n) is 4.53. The third-order valence-corrected chi connectivity index (χ3v) is 2.12. The van der Waals surface area contributed by atoms with Gasteiger partial charge in [0.05, 0.1) is 11.2 Å². The molecular weight excluding hydrogens is 176 g/mol. The fourth-order valence-corrected chi connectivity index (χ4v) is 1.28. The molecular formula is C11H12N2O. The maximum absolute atomic E-state index is 9.75. The van der Waals surface area contributed by atoms with Crippen molar-refractivity contribution >= 4 is 10.9 Å². The van der Waals surface area contributed by atoms with E-state index in [9.17, 15) is 5.11 Å². The molecule has 0 spiro atoms. The summed E-state index contributed by atoms with van der Waals surface area (Å²) >= 11 is 0. The lowest BCUT2D eigenvalue weighted by Crippen LogP contribution is -2.17. The highest BCUT2D eigenvalue weighted by Gasteiger charge is 2.18. The van der Waals surface area contributed by atoms with Gasteiger partial charge in [-0.3, -0.25) is 0 Å². The van der Waals surface area contributed by atoms with Gasteiger partial charge in [-0.1, -0.05) is 18.2 Å². The van der Waals surface area contributed by atoms with Gasteiger partial charge in [0.1, 0.15) is 5.60 Å². The summed E-state index contributed by atoms with van der Waals surface area (Å²) in [6.07, 6.45) is 0. The van der Waals surface area contributed by atoms with Gasteiger partial charge in [-0.25, -0.2) is 0 Å². The standard InChI is InChI=1S/C11H12N2O/c1-11(2,14)10-7-8-5-3-4-6-9(8)12-13-10/h3-7,14H,1-2H3. The molecule has 2 rings (SSSR count). The monoisotopic (exact) mass is 188 g/mol. The maximum atomic E-state index is 9.75. The van der Waals surface area contributed by atoms with Gasteiger partial charge in [-0.15, -0.1) is 0 Å². The second-order valence-corrected chi connectivity index (χ2v) is 3.85. The molecule has 0 bridgehead atoms. The van der Waals surface area contributed by atoms with Crippen molar-refractivity contribution in [3.63, 3.8) is 0 Å². The van der Waals surface area contributed by atoms with E-state index in [1.807, 2.05) is 30.3 Å². The van der Waals surface area contributed by atoms with E-state index in [1.165, 1.54) is 0 Å². The molecule has 1 N–H and O–H groups in total. The van der Waals surface area contributed by atoms with Crippen LogP contribution in [0, 0.1) is 0 Å². The Hall–Kier alpha value is -1.48. The lowest BCUT2D eigenvalue weighted by molar-refractivity contribution is 0.0731. The molecule has 0 aliphatic rings. The van der Waals surface area contributed by atoms with Crippen LogP contribution in [-0.2, 0) is 5.60 Å². The lowest BCUT2D eigenvalue weighted by Gasteiger charge is -2.15. The zero-order chi connectivity index (χ0) is 10.2. The molecule has 72 valence electrons. The second kappa shape index (κ2) is 3.03. The molecule has 0 saturated carbocycles. The number of hydrogen-bond acceptors (Lipinski definition) is 3. The molecule has 0 atom stereocenters. The van der Waals surface area contributed by atoms with Crippen LogP contribution in [0.4, 0.5) is 0 Å². The Morgan fingerprint density at radius 1 is 1.14 bits per heavy atom. The largest absolute Gasteiger partial charge is 0.384 e. The Kier molecular flexibility index (Phi) is 1.97. The minimum absolute atomic E-state index is 0.594. The fraction of sp³-hybridized carbons (Fsp3) is 0.273. The van der Waals surface area contributed by atoms with Crippen LogP contribution in [0.1, 0.15) is 19.5 Å². The van der Waals surface area contributed by atoms with Crippen molar-refractivity contribution in [3.8, 4) is 0 Å². The first kappa shape index (κ1) is 9.09. The van der Waals surface area contributed by atoms with Gasteiger partial charge in [0.2, 0.25) is 0 Å². The zero-order valence-corrected chi connectivity index (χ0v) is 8.23. The third kappa shape index (κ3) is 1.59.